The van der Waals surface area contributed by atoms with Gasteiger partial charge in [0.2, 0.25) is 5.91 Å². The minimum Gasteiger partial charge on any atom is -0.431 e. The largest absolute Gasteiger partial charge is 0.431 e. The molecule has 0 spiro atoms. The zero-order valence-corrected chi connectivity index (χ0v) is 19.5. The fraction of sp³-hybridized carbons (Fsp3) is 0.250. The number of carbonyl (C=O) groups is 1. The van der Waals surface area contributed by atoms with Crippen molar-refractivity contribution in [3.8, 4) is 0 Å². The van der Waals surface area contributed by atoms with E-state index in [0.717, 1.165) is 16.7 Å². The first-order valence-electron chi connectivity index (χ1n) is 10.9. The second kappa shape index (κ2) is 10.4. The maximum Gasteiger partial charge on any atom is 0.330 e. The van der Waals surface area contributed by atoms with Crippen LogP contribution in [0.25, 0.3) is 11.1 Å². The summed E-state index contributed by atoms with van der Waals surface area (Å²) >= 11 is 1.43. The van der Waals surface area contributed by atoms with Crippen LogP contribution in [0.1, 0.15) is 25.3 Å². The molecule has 4 rings (SSSR count). The molecule has 10 heteroatoms. The van der Waals surface area contributed by atoms with Crippen LogP contribution in [-0.2, 0) is 11.3 Å². The van der Waals surface area contributed by atoms with Crippen LogP contribution in [0.15, 0.2) is 73.8 Å². The van der Waals surface area contributed by atoms with Gasteiger partial charge in [-0.1, -0.05) is 54.2 Å². The van der Waals surface area contributed by atoms with Gasteiger partial charge in [-0.15, -0.1) is 0 Å². The van der Waals surface area contributed by atoms with E-state index in [4.69, 9.17) is 10.2 Å². The van der Waals surface area contributed by atoms with E-state index in [1.54, 1.807) is 6.92 Å². The standard InChI is InChI=1S/C24H25N5O4S/c1-2-28(19(30)13-8-14-34-24-26-17-11-6-7-12-18(17)33-24)20-21(25)29(23(32)27-22(20)31)15-16-9-4-3-5-10-16/h3-7,9-12H,2,8,13-15,25H2,1H3,(H,27,31,32). The number of fused-ring (bicyclic) bond motifs is 1. The molecule has 0 unspecified atom stereocenters. The molecule has 2 aromatic heterocycles. The molecule has 2 heterocycles. The third-order valence-corrected chi connectivity index (χ3v) is 6.23. The number of hydrogen-bond donors (Lipinski definition) is 2. The minimum atomic E-state index is -0.678. The molecule has 0 saturated heterocycles. The van der Waals surface area contributed by atoms with Crippen LogP contribution in [0.5, 0.6) is 0 Å². The Morgan fingerprint density at radius 2 is 1.88 bits per heavy atom. The van der Waals surface area contributed by atoms with Crippen molar-refractivity contribution in [1.29, 1.82) is 0 Å². The summed E-state index contributed by atoms with van der Waals surface area (Å²) in [7, 11) is 0. The Labute approximate surface area is 199 Å². The Hall–Kier alpha value is -3.79. The third kappa shape index (κ3) is 5.07. The molecule has 3 N–H and O–H groups in total. The van der Waals surface area contributed by atoms with Crippen molar-refractivity contribution < 1.29 is 9.21 Å². The zero-order valence-electron chi connectivity index (χ0n) is 18.7. The van der Waals surface area contributed by atoms with Gasteiger partial charge in [0.25, 0.3) is 10.8 Å². The Balaban J connectivity index is 1.45. The highest BCUT2D eigenvalue weighted by molar-refractivity contribution is 7.99. The fourth-order valence-corrected chi connectivity index (χ4v) is 4.43. The Kier molecular flexibility index (Phi) is 7.17. The Morgan fingerprint density at radius 3 is 2.62 bits per heavy atom. The second-order valence-corrected chi connectivity index (χ2v) is 8.65. The molecule has 0 aliphatic heterocycles. The fourth-order valence-electron chi connectivity index (χ4n) is 3.65. The predicted octanol–water partition coefficient (Wildman–Crippen LogP) is 3.23. The van der Waals surface area contributed by atoms with Gasteiger partial charge in [0, 0.05) is 18.7 Å². The van der Waals surface area contributed by atoms with Crippen molar-refractivity contribution >= 4 is 40.3 Å². The van der Waals surface area contributed by atoms with Crippen LogP contribution in [0.3, 0.4) is 0 Å². The van der Waals surface area contributed by atoms with Gasteiger partial charge in [0.1, 0.15) is 11.3 Å². The lowest BCUT2D eigenvalue weighted by Crippen LogP contribution is -2.41. The quantitative estimate of drug-likeness (QED) is 0.279. The number of thioether (sulfide) groups is 1. The average Bonchev–Trinajstić information content (AvgIpc) is 3.25. The van der Waals surface area contributed by atoms with Crippen molar-refractivity contribution in [2.45, 2.75) is 31.5 Å². The summed E-state index contributed by atoms with van der Waals surface area (Å²) in [5, 5.41) is 0.551. The molecule has 4 aromatic rings. The molecule has 9 nitrogen and oxygen atoms in total. The summed E-state index contributed by atoms with van der Waals surface area (Å²) in [6.45, 7) is 2.19. The summed E-state index contributed by atoms with van der Waals surface area (Å²) in [5.74, 6) is 0.339. The van der Waals surface area contributed by atoms with Crippen LogP contribution >= 0.6 is 11.8 Å². The summed E-state index contributed by atoms with van der Waals surface area (Å²) in [6, 6.07) is 16.8. The SMILES string of the molecule is CCN(C(=O)CCCSc1nc2ccccc2o1)c1c(N)n(Cc2ccccc2)c(=O)[nH]c1=O. The highest BCUT2D eigenvalue weighted by Crippen LogP contribution is 2.24. The topological polar surface area (TPSA) is 127 Å². The number of aromatic amines is 1. The summed E-state index contributed by atoms with van der Waals surface area (Å²) in [4.78, 5) is 46.0. The highest BCUT2D eigenvalue weighted by Gasteiger charge is 2.23. The van der Waals surface area contributed by atoms with E-state index in [2.05, 4.69) is 9.97 Å². The number of oxazole rings is 1. The van der Waals surface area contributed by atoms with Crippen molar-refractivity contribution in [2.75, 3.05) is 22.9 Å². The number of aromatic nitrogens is 3. The highest BCUT2D eigenvalue weighted by atomic mass is 32.2. The predicted molar refractivity (Wildman–Crippen MR) is 133 cm³/mol. The Morgan fingerprint density at radius 1 is 1.15 bits per heavy atom. The van der Waals surface area contributed by atoms with E-state index >= 15 is 0 Å². The molecule has 0 aliphatic carbocycles. The molecule has 0 radical (unpaired) electrons. The Bertz CT molecular complexity index is 1380. The number of nitrogens with zero attached hydrogens (tertiary/aromatic N) is 3. The number of carbonyl (C=O) groups excluding carboxylic acids is 1. The smallest absolute Gasteiger partial charge is 0.330 e. The molecule has 0 atom stereocenters. The lowest BCUT2D eigenvalue weighted by atomic mass is 10.2. The molecule has 34 heavy (non-hydrogen) atoms. The van der Waals surface area contributed by atoms with E-state index in [-0.39, 0.29) is 36.9 Å². The van der Waals surface area contributed by atoms with Crippen molar-refractivity contribution in [3.63, 3.8) is 0 Å². The van der Waals surface area contributed by atoms with Gasteiger partial charge in [0.15, 0.2) is 11.3 Å². The number of rotatable bonds is 9. The number of anilines is 2. The van der Waals surface area contributed by atoms with Crippen molar-refractivity contribution in [2.24, 2.45) is 0 Å². The molecule has 176 valence electrons. The number of para-hydroxylation sites is 2. The number of nitrogen functional groups attached to an aromatic ring is 1. The summed E-state index contributed by atoms with van der Waals surface area (Å²) in [6.07, 6.45) is 0.762. The monoisotopic (exact) mass is 479 g/mol. The minimum absolute atomic E-state index is 0.00497. The van der Waals surface area contributed by atoms with E-state index in [9.17, 15) is 14.4 Å². The van der Waals surface area contributed by atoms with Gasteiger partial charge in [0.05, 0.1) is 6.54 Å². The van der Waals surface area contributed by atoms with Gasteiger partial charge in [-0.3, -0.25) is 19.1 Å². The number of amides is 1. The van der Waals surface area contributed by atoms with Gasteiger partial charge >= 0.3 is 5.69 Å². The first kappa shape index (κ1) is 23.4. The van der Waals surface area contributed by atoms with E-state index < -0.39 is 11.2 Å². The molecule has 1 amide bonds. The number of hydrogen-bond acceptors (Lipinski definition) is 7. The summed E-state index contributed by atoms with van der Waals surface area (Å²) in [5.41, 5.74) is 7.30. The van der Waals surface area contributed by atoms with E-state index in [0.29, 0.717) is 17.4 Å². The maximum absolute atomic E-state index is 13.0. The van der Waals surface area contributed by atoms with Crippen molar-refractivity contribution in [3.05, 3.63) is 81.0 Å². The van der Waals surface area contributed by atoms with Crippen LogP contribution < -0.4 is 21.9 Å². The van der Waals surface area contributed by atoms with E-state index in [1.807, 2.05) is 54.6 Å². The first-order valence-corrected chi connectivity index (χ1v) is 11.9. The molecule has 2 aromatic carbocycles. The average molecular weight is 480 g/mol. The van der Waals surface area contributed by atoms with Gasteiger partial charge in [-0.05, 0) is 31.0 Å². The van der Waals surface area contributed by atoms with Crippen LogP contribution in [-0.4, -0.2) is 32.7 Å². The molecule has 0 aliphatic rings. The third-order valence-electron chi connectivity index (χ3n) is 5.32. The lowest BCUT2D eigenvalue weighted by Gasteiger charge is -2.23. The molecule has 0 bridgehead atoms. The van der Waals surface area contributed by atoms with Gasteiger partial charge in [-0.2, -0.15) is 0 Å². The molecular weight excluding hydrogens is 454 g/mol. The molecule has 0 saturated carbocycles. The van der Waals surface area contributed by atoms with Crippen LogP contribution in [0.4, 0.5) is 11.5 Å². The van der Waals surface area contributed by atoms with Gasteiger partial charge < -0.3 is 15.1 Å². The molecular formula is C24H25N5O4S. The number of benzene rings is 2. The lowest BCUT2D eigenvalue weighted by molar-refractivity contribution is -0.118. The zero-order chi connectivity index (χ0) is 24.1. The normalized spacial score (nSPS) is 11.1. The first-order chi connectivity index (χ1) is 16.5. The van der Waals surface area contributed by atoms with Crippen LogP contribution in [0, 0.1) is 0 Å². The summed E-state index contributed by atoms with van der Waals surface area (Å²) < 4.78 is 6.95. The number of nitrogens with one attached hydrogen (secondary N) is 1. The maximum atomic E-state index is 13.0. The second-order valence-electron chi connectivity index (χ2n) is 7.60. The van der Waals surface area contributed by atoms with Crippen LogP contribution in [0.2, 0.25) is 0 Å². The van der Waals surface area contributed by atoms with Gasteiger partial charge in [-0.25, -0.2) is 9.78 Å². The van der Waals surface area contributed by atoms with E-state index in [1.165, 1.54) is 21.2 Å². The number of H-pyrrole nitrogens is 1. The van der Waals surface area contributed by atoms with Crippen molar-refractivity contribution in [1.82, 2.24) is 14.5 Å². The molecule has 0 fully saturated rings. The number of nitrogens with two attached hydrogens (primary N) is 1.